The maximum Gasteiger partial charge on any atom is 0.238 e. The molecule has 1 amide bonds. The highest BCUT2D eigenvalue weighted by atomic mass is 35.5. The monoisotopic (exact) mass is 310 g/mol. The SMILES string of the molecule is CCC1CCCCN1CC(=O)Nc1ccc(OC)c(Cl)c1. The van der Waals surface area contributed by atoms with Crippen LogP contribution in [0.4, 0.5) is 5.69 Å². The molecule has 1 saturated heterocycles. The second-order valence-corrected chi connectivity index (χ2v) is 5.83. The fourth-order valence-electron chi connectivity index (χ4n) is 2.86. The zero-order chi connectivity index (χ0) is 15.2. The van der Waals surface area contributed by atoms with Gasteiger partial charge >= 0.3 is 0 Å². The smallest absolute Gasteiger partial charge is 0.238 e. The molecular formula is C16H23ClN2O2. The molecule has 1 fully saturated rings. The molecule has 1 aliphatic heterocycles. The quantitative estimate of drug-likeness (QED) is 0.904. The number of amides is 1. The van der Waals surface area contributed by atoms with Crippen molar-refractivity contribution < 1.29 is 9.53 Å². The van der Waals surface area contributed by atoms with Crippen LogP contribution in [0.15, 0.2) is 18.2 Å². The summed E-state index contributed by atoms with van der Waals surface area (Å²) in [6, 6.07) is 5.80. The maximum atomic E-state index is 12.2. The molecule has 1 unspecified atom stereocenters. The van der Waals surface area contributed by atoms with Gasteiger partial charge in [-0.15, -0.1) is 0 Å². The summed E-state index contributed by atoms with van der Waals surface area (Å²) in [7, 11) is 1.57. The lowest BCUT2D eigenvalue weighted by atomic mass is 10.00. The van der Waals surface area contributed by atoms with Crippen LogP contribution in [0.3, 0.4) is 0 Å². The van der Waals surface area contributed by atoms with Crippen molar-refractivity contribution in [2.24, 2.45) is 0 Å². The summed E-state index contributed by atoms with van der Waals surface area (Å²) in [6.07, 6.45) is 4.74. The number of hydrogen-bond donors (Lipinski definition) is 1. The maximum absolute atomic E-state index is 12.2. The summed E-state index contributed by atoms with van der Waals surface area (Å²) in [4.78, 5) is 14.5. The van der Waals surface area contributed by atoms with Gasteiger partial charge in [0.2, 0.25) is 5.91 Å². The molecule has 0 radical (unpaired) electrons. The Labute approximate surface area is 131 Å². The number of methoxy groups -OCH3 is 1. The van der Waals surface area contributed by atoms with E-state index in [1.165, 1.54) is 19.3 Å². The highest BCUT2D eigenvalue weighted by Gasteiger charge is 2.22. The number of carbonyl (C=O) groups excluding carboxylic acids is 1. The van der Waals surface area contributed by atoms with Crippen molar-refractivity contribution in [1.29, 1.82) is 0 Å². The average Bonchev–Trinajstić information content (AvgIpc) is 2.48. The van der Waals surface area contributed by atoms with Gasteiger partial charge in [0, 0.05) is 11.7 Å². The zero-order valence-corrected chi connectivity index (χ0v) is 13.4. The van der Waals surface area contributed by atoms with Gasteiger partial charge in [-0.1, -0.05) is 24.9 Å². The minimum atomic E-state index is 0.0107. The van der Waals surface area contributed by atoms with Crippen LogP contribution >= 0.6 is 11.6 Å². The van der Waals surface area contributed by atoms with Crippen LogP contribution in [0.25, 0.3) is 0 Å². The van der Waals surface area contributed by atoms with Crippen molar-refractivity contribution >= 4 is 23.2 Å². The predicted octanol–water partition coefficient (Wildman–Crippen LogP) is 3.55. The van der Waals surface area contributed by atoms with Gasteiger partial charge < -0.3 is 10.1 Å². The molecule has 5 heteroatoms. The molecule has 1 aromatic rings. The number of carbonyl (C=O) groups is 1. The van der Waals surface area contributed by atoms with E-state index < -0.39 is 0 Å². The summed E-state index contributed by atoms with van der Waals surface area (Å²) in [5.41, 5.74) is 0.704. The molecule has 0 spiro atoms. The van der Waals surface area contributed by atoms with E-state index in [-0.39, 0.29) is 5.91 Å². The first kappa shape index (κ1) is 16.1. The van der Waals surface area contributed by atoms with Crippen LogP contribution in [-0.4, -0.2) is 37.0 Å². The molecule has 0 bridgehead atoms. The van der Waals surface area contributed by atoms with E-state index in [0.717, 1.165) is 13.0 Å². The Bertz CT molecular complexity index is 493. The van der Waals surface area contributed by atoms with Crippen molar-refractivity contribution in [1.82, 2.24) is 4.90 Å². The Balaban J connectivity index is 1.93. The van der Waals surface area contributed by atoms with Crippen LogP contribution in [0.1, 0.15) is 32.6 Å². The summed E-state index contributed by atoms with van der Waals surface area (Å²) < 4.78 is 5.10. The fourth-order valence-corrected chi connectivity index (χ4v) is 3.12. The van der Waals surface area contributed by atoms with Crippen LogP contribution in [0.5, 0.6) is 5.75 Å². The van der Waals surface area contributed by atoms with E-state index in [1.54, 1.807) is 25.3 Å². The number of hydrogen-bond acceptors (Lipinski definition) is 3. The van der Waals surface area contributed by atoms with Crippen molar-refractivity contribution in [2.45, 2.75) is 38.6 Å². The van der Waals surface area contributed by atoms with Crippen molar-refractivity contribution in [3.8, 4) is 5.75 Å². The molecule has 1 atom stereocenters. The highest BCUT2D eigenvalue weighted by molar-refractivity contribution is 6.32. The number of ether oxygens (including phenoxy) is 1. The number of rotatable bonds is 5. The number of benzene rings is 1. The van der Waals surface area contributed by atoms with Crippen molar-refractivity contribution in [3.05, 3.63) is 23.2 Å². The Hall–Kier alpha value is -1.26. The summed E-state index contributed by atoms with van der Waals surface area (Å²) in [5.74, 6) is 0.619. The molecule has 2 rings (SSSR count). The van der Waals surface area contributed by atoms with E-state index >= 15 is 0 Å². The predicted molar refractivity (Wildman–Crippen MR) is 86.1 cm³/mol. The molecule has 0 saturated carbocycles. The largest absolute Gasteiger partial charge is 0.495 e. The number of nitrogens with one attached hydrogen (secondary N) is 1. The Kier molecular flexibility index (Phi) is 5.88. The average molecular weight is 311 g/mol. The van der Waals surface area contributed by atoms with Gasteiger partial charge in [-0.3, -0.25) is 9.69 Å². The van der Waals surface area contributed by atoms with Gasteiger partial charge in [0.1, 0.15) is 5.75 Å². The molecule has 1 N–H and O–H groups in total. The molecule has 116 valence electrons. The zero-order valence-electron chi connectivity index (χ0n) is 12.7. The Morgan fingerprint density at radius 3 is 2.95 bits per heavy atom. The minimum absolute atomic E-state index is 0.0107. The van der Waals surface area contributed by atoms with E-state index in [0.29, 0.717) is 29.0 Å². The summed E-state index contributed by atoms with van der Waals surface area (Å²) >= 11 is 6.06. The molecule has 1 heterocycles. The van der Waals surface area contributed by atoms with Gasteiger partial charge in [0.05, 0.1) is 18.7 Å². The lowest BCUT2D eigenvalue weighted by Crippen LogP contribution is -2.43. The summed E-state index contributed by atoms with van der Waals surface area (Å²) in [6.45, 7) is 3.64. The van der Waals surface area contributed by atoms with Crippen molar-refractivity contribution in [2.75, 3.05) is 25.5 Å². The molecule has 1 aliphatic rings. The third kappa shape index (κ3) is 4.35. The van der Waals surface area contributed by atoms with Crippen LogP contribution in [0.2, 0.25) is 5.02 Å². The molecule has 4 nitrogen and oxygen atoms in total. The van der Waals surface area contributed by atoms with E-state index in [1.807, 2.05) is 0 Å². The molecule has 21 heavy (non-hydrogen) atoms. The minimum Gasteiger partial charge on any atom is -0.495 e. The number of halogens is 1. The van der Waals surface area contributed by atoms with Gasteiger partial charge in [-0.2, -0.15) is 0 Å². The van der Waals surface area contributed by atoms with E-state index in [2.05, 4.69) is 17.1 Å². The normalized spacial score (nSPS) is 19.3. The molecule has 0 aromatic heterocycles. The lowest BCUT2D eigenvalue weighted by molar-refractivity contribution is -0.118. The third-order valence-electron chi connectivity index (χ3n) is 4.00. The van der Waals surface area contributed by atoms with E-state index in [4.69, 9.17) is 16.3 Å². The first-order valence-corrected chi connectivity index (χ1v) is 7.89. The highest BCUT2D eigenvalue weighted by Crippen LogP contribution is 2.27. The fraction of sp³-hybridized carbons (Fsp3) is 0.562. The second kappa shape index (κ2) is 7.66. The van der Waals surface area contributed by atoms with Gasteiger partial charge in [0.25, 0.3) is 0 Å². The Morgan fingerprint density at radius 2 is 2.29 bits per heavy atom. The van der Waals surface area contributed by atoms with Gasteiger partial charge in [-0.05, 0) is 44.0 Å². The number of nitrogens with zero attached hydrogens (tertiary/aromatic N) is 1. The topological polar surface area (TPSA) is 41.6 Å². The Morgan fingerprint density at radius 1 is 1.48 bits per heavy atom. The van der Waals surface area contributed by atoms with Crippen molar-refractivity contribution in [3.63, 3.8) is 0 Å². The molecule has 1 aromatic carbocycles. The first-order valence-electron chi connectivity index (χ1n) is 7.51. The second-order valence-electron chi connectivity index (χ2n) is 5.43. The number of anilines is 1. The van der Waals surface area contributed by atoms with Gasteiger partial charge in [0.15, 0.2) is 0 Å². The molecular weight excluding hydrogens is 288 g/mol. The third-order valence-corrected chi connectivity index (χ3v) is 4.30. The van der Waals surface area contributed by atoms with Crippen LogP contribution < -0.4 is 10.1 Å². The summed E-state index contributed by atoms with van der Waals surface area (Å²) in [5, 5.41) is 3.41. The van der Waals surface area contributed by atoms with Crippen LogP contribution in [0, 0.1) is 0 Å². The lowest BCUT2D eigenvalue weighted by Gasteiger charge is -2.34. The first-order chi connectivity index (χ1) is 10.1. The number of likely N-dealkylation sites (tertiary alicyclic amines) is 1. The number of piperidine rings is 1. The van der Waals surface area contributed by atoms with Gasteiger partial charge in [-0.25, -0.2) is 0 Å². The standard InChI is InChI=1S/C16H23ClN2O2/c1-3-13-6-4-5-9-19(13)11-16(20)18-12-7-8-15(21-2)14(17)10-12/h7-8,10,13H,3-6,9,11H2,1-2H3,(H,18,20). The van der Waals surface area contributed by atoms with E-state index in [9.17, 15) is 4.79 Å². The van der Waals surface area contributed by atoms with Crippen LogP contribution in [-0.2, 0) is 4.79 Å². The molecule has 0 aliphatic carbocycles.